The molecule has 0 unspecified atom stereocenters. The van der Waals surface area contributed by atoms with Gasteiger partial charge in [-0.05, 0) is 101 Å². The molecule has 40 heteroatoms. The summed E-state index contributed by atoms with van der Waals surface area (Å²) < 4.78 is 0. The van der Waals surface area contributed by atoms with Crippen molar-refractivity contribution in [2.45, 2.75) is 205 Å². The van der Waals surface area contributed by atoms with Crippen molar-refractivity contribution in [1.29, 1.82) is 16.2 Å². The molecule has 596 valence electrons. The highest BCUT2D eigenvalue weighted by Gasteiger charge is 2.41. The molecule has 12 amide bonds. The monoisotopic (exact) mass is 1510 g/mol. The molecule has 0 spiro atoms. The predicted molar refractivity (Wildman–Crippen MR) is 391 cm³/mol. The first-order chi connectivity index (χ1) is 50.5. The zero-order valence-corrected chi connectivity index (χ0v) is 61.6. The zero-order valence-electron chi connectivity index (χ0n) is 61.6. The molecule has 1 aromatic heterocycles. The molecule has 1 saturated heterocycles. The summed E-state index contributed by atoms with van der Waals surface area (Å²) >= 11 is 0. The van der Waals surface area contributed by atoms with E-state index in [1.54, 1.807) is 72.0 Å². The van der Waals surface area contributed by atoms with Gasteiger partial charge in [0.25, 0.3) is 0 Å². The van der Waals surface area contributed by atoms with Gasteiger partial charge in [-0.2, -0.15) is 0 Å². The van der Waals surface area contributed by atoms with Crippen molar-refractivity contribution < 1.29 is 82.4 Å². The lowest BCUT2D eigenvalue weighted by Gasteiger charge is -2.32. The molecule has 40 nitrogen and oxygen atoms in total. The van der Waals surface area contributed by atoms with E-state index >= 15 is 0 Å². The SMILES string of the molecule is CC[C@H](C)[C@H](NC(=O)[C@H](CC(C)C)NC(=O)[C@H](CO)NC(=O)[C@H](Cc1c[nH]c2ccccc12)NC(=O)[C@H](CCCNC(=N)N)NC(=O)[C@@H](N)CCC(=O)O)C(=O)N[C@@H](C)C(=O)NCC(=O)N[C@@H](CCCNC(=N)N)C(=O)N[C@H](C(=O)N1CCC[C@H]1C(=O)NCC(=O)N[C@@H](CCCNC(=N)N)C(=O)O)[C@@H](C)CC. The number of nitrogens with one attached hydrogen (secondary N) is 18. The van der Waals surface area contributed by atoms with Gasteiger partial charge in [0.2, 0.25) is 70.9 Å². The molecule has 0 saturated carbocycles. The van der Waals surface area contributed by atoms with Gasteiger partial charge in [0.15, 0.2) is 17.9 Å². The molecule has 1 fully saturated rings. The smallest absolute Gasteiger partial charge is 0.326 e. The van der Waals surface area contributed by atoms with E-state index in [-0.39, 0.29) is 114 Å². The number of aliphatic carboxylic acids is 2. The fraction of sp³-hybridized carbons (Fsp3) is 0.627. The summed E-state index contributed by atoms with van der Waals surface area (Å²) in [6.07, 6.45) is 2.18. The number of likely N-dealkylation sites (tertiary alicyclic amines) is 1. The van der Waals surface area contributed by atoms with Crippen molar-refractivity contribution in [3.05, 3.63) is 36.0 Å². The molecule has 2 heterocycles. The molecular formula is C67H111N23O17. The fourth-order valence-corrected chi connectivity index (χ4v) is 11.4. The third kappa shape index (κ3) is 31.7. The van der Waals surface area contributed by atoms with E-state index in [2.05, 4.69) is 79.4 Å². The topological polar surface area (TPSA) is 663 Å². The van der Waals surface area contributed by atoms with Crippen LogP contribution in [0.5, 0.6) is 0 Å². The number of fused-ring (bicyclic) bond motifs is 1. The lowest BCUT2D eigenvalue weighted by Crippen LogP contribution is -2.61. The second-order valence-electron chi connectivity index (χ2n) is 26.8. The third-order valence-electron chi connectivity index (χ3n) is 17.8. The number of carbonyl (C=O) groups excluding carboxylic acids is 12. The van der Waals surface area contributed by atoms with Crippen molar-refractivity contribution in [1.82, 2.24) is 84.3 Å². The molecule has 2 aromatic rings. The number of hydrogen-bond donors (Lipinski definition) is 25. The maximum Gasteiger partial charge on any atom is 0.326 e. The van der Waals surface area contributed by atoms with Gasteiger partial charge in [-0.15, -0.1) is 0 Å². The van der Waals surface area contributed by atoms with Gasteiger partial charge in [0.1, 0.15) is 60.4 Å². The van der Waals surface area contributed by atoms with Crippen LogP contribution >= 0.6 is 0 Å². The Morgan fingerprint density at radius 1 is 0.551 bits per heavy atom. The Bertz CT molecular complexity index is 3430. The molecule has 0 radical (unpaired) electrons. The average Bonchev–Trinajstić information content (AvgIpc) is 1.70. The summed E-state index contributed by atoms with van der Waals surface area (Å²) in [5, 5.41) is 88.0. The van der Waals surface area contributed by atoms with Crippen LogP contribution < -0.4 is 97.4 Å². The lowest BCUT2D eigenvalue weighted by atomic mass is 9.96. The number of carboxylic acid groups (broad SMARTS) is 2. The number of amides is 12. The maximum atomic E-state index is 14.5. The molecular weight excluding hydrogens is 1400 g/mol. The Balaban J connectivity index is 1.77. The van der Waals surface area contributed by atoms with E-state index in [1.807, 2.05) is 0 Å². The second kappa shape index (κ2) is 46.1. The highest BCUT2D eigenvalue weighted by molar-refractivity contribution is 6.00. The molecule has 107 heavy (non-hydrogen) atoms. The molecule has 13 atom stereocenters. The van der Waals surface area contributed by atoms with Crippen molar-refractivity contribution in [3.63, 3.8) is 0 Å². The van der Waals surface area contributed by atoms with Crippen LogP contribution in [0, 0.1) is 34.0 Å². The van der Waals surface area contributed by atoms with Gasteiger partial charge in [-0.1, -0.05) is 72.6 Å². The number of para-hydroxylation sites is 1. The molecule has 1 aliphatic rings. The minimum atomic E-state index is -1.77. The number of aromatic amines is 1. The summed E-state index contributed by atoms with van der Waals surface area (Å²) in [5.74, 6) is -15.3. The normalized spacial score (nSPS) is 15.9. The number of nitrogens with two attached hydrogens (primary N) is 4. The average molecular weight is 1510 g/mol. The van der Waals surface area contributed by atoms with Crippen LogP contribution in [-0.2, 0) is 73.5 Å². The van der Waals surface area contributed by atoms with Gasteiger partial charge in [-0.3, -0.25) is 78.6 Å². The van der Waals surface area contributed by atoms with E-state index in [9.17, 15) is 82.4 Å². The summed E-state index contributed by atoms with van der Waals surface area (Å²) in [7, 11) is 0. The summed E-state index contributed by atoms with van der Waals surface area (Å²) in [5.41, 5.74) is 23.3. The number of hydrogen-bond acceptors (Lipinski definition) is 19. The van der Waals surface area contributed by atoms with Gasteiger partial charge in [0.05, 0.1) is 25.7 Å². The standard InChI is InChI=1S/C67H111N23O17/c1-8-35(5)52(88-59(101)45(28-34(3)4)85-60(102)47(33-91)87-58(100)46(29-38-30-78-41-17-11-10-16-39(38)41)86-56(98)43(19-13-25-76-66(71)72)84-55(97)40(68)22-23-51(94)95)62(104)81-37(7)54(96)79-31-49(92)82-42(18-12-24-75-65(69)70)57(99)89-53(36(6)9-2)63(105)90-27-15-21-48(90)61(103)80-32-50(93)83-44(64(106)107)20-14-26-77-67(73)74/h10-11,16-17,30,34-37,40,42-48,52-53,78,91H,8-9,12-15,18-29,31-33,68H2,1-7H3,(H,79,96)(H,80,103)(H,81,104)(H,82,92)(H,83,93)(H,84,97)(H,85,102)(H,86,98)(H,87,100)(H,88,101)(H,89,99)(H,94,95)(H,106,107)(H4,69,70,75)(H4,71,72,76)(H4,73,74,77)/t35-,36-,37-,40-,42-,43-,44-,45-,46-,47-,48-,52-,53-/m0/s1. The van der Waals surface area contributed by atoms with Gasteiger partial charge < -0.3 is 123 Å². The van der Waals surface area contributed by atoms with Crippen molar-refractivity contribution in [3.8, 4) is 0 Å². The third-order valence-corrected chi connectivity index (χ3v) is 17.8. The van der Waals surface area contributed by atoms with Gasteiger partial charge >= 0.3 is 11.9 Å². The quantitative estimate of drug-likeness (QED) is 0.0167. The highest BCUT2D eigenvalue weighted by atomic mass is 16.4. The second-order valence-corrected chi connectivity index (χ2v) is 26.8. The van der Waals surface area contributed by atoms with Gasteiger partial charge in [0, 0.05) is 56.1 Å². The maximum absolute atomic E-state index is 14.5. The Morgan fingerprint density at radius 3 is 1.58 bits per heavy atom. The van der Waals surface area contributed by atoms with E-state index < -0.39 is 187 Å². The number of aromatic nitrogens is 1. The number of carbonyl (C=O) groups is 14. The minimum Gasteiger partial charge on any atom is -0.481 e. The van der Waals surface area contributed by atoms with Crippen LogP contribution in [-0.4, -0.2) is 238 Å². The Labute approximate surface area is 619 Å². The molecule has 1 aromatic carbocycles. The molecule has 3 rings (SSSR count). The van der Waals surface area contributed by atoms with Crippen LogP contribution in [0.25, 0.3) is 10.9 Å². The number of nitrogens with zero attached hydrogens (tertiary/aromatic N) is 1. The Kier molecular flexibility index (Phi) is 38.9. The van der Waals surface area contributed by atoms with Crippen LogP contribution in [0.1, 0.15) is 138 Å². The largest absolute Gasteiger partial charge is 0.481 e. The van der Waals surface area contributed by atoms with E-state index in [0.717, 1.165) is 0 Å². The van der Waals surface area contributed by atoms with Gasteiger partial charge in [-0.25, -0.2) is 4.79 Å². The number of carboxylic acids is 2. The Hall–Kier alpha value is -10.9. The number of H-pyrrole nitrogens is 1. The first-order valence-corrected chi connectivity index (χ1v) is 35.7. The zero-order chi connectivity index (χ0) is 80.2. The van der Waals surface area contributed by atoms with E-state index in [0.29, 0.717) is 35.7 Å². The first-order valence-electron chi connectivity index (χ1n) is 35.7. The van der Waals surface area contributed by atoms with Crippen LogP contribution in [0.4, 0.5) is 0 Å². The Morgan fingerprint density at radius 2 is 1.03 bits per heavy atom. The van der Waals surface area contributed by atoms with Crippen molar-refractivity contribution in [2.24, 2.45) is 40.7 Å². The van der Waals surface area contributed by atoms with Crippen LogP contribution in [0.15, 0.2) is 30.5 Å². The fourth-order valence-electron chi connectivity index (χ4n) is 11.4. The van der Waals surface area contributed by atoms with Crippen LogP contribution in [0.2, 0.25) is 0 Å². The number of aliphatic hydroxyl groups is 1. The number of rotatable bonds is 48. The van der Waals surface area contributed by atoms with Crippen molar-refractivity contribution in [2.75, 3.05) is 45.9 Å². The number of aliphatic hydroxyl groups excluding tert-OH is 1. The first kappa shape index (κ1) is 90.3. The molecule has 29 N–H and O–H groups in total. The number of guanidine groups is 3. The summed E-state index contributed by atoms with van der Waals surface area (Å²) in [6, 6.07) is -8.11. The van der Waals surface area contributed by atoms with E-state index in [1.165, 1.54) is 11.8 Å². The molecule has 1 aliphatic heterocycles. The number of benzene rings is 1. The highest BCUT2D eigenvalue weighted by Crippen LogP contribution is 2.23. The molecule has 0 bridgehead atoms. The summed E-state index contributed by atoms with van der Waals surface area (Å²) in [4.78, 5) is 194. The molecule has 0 aliphatic carbocycles. The summed E-state index contributed by atoms with van der Waals surface area (Å²) in [6.45, 7) is 9.65. The lowest BCUT2D eigenvalue weighted by molar-refractivity contribution is -0.143. The van der Waals surface area contributed by atoms with E-state index in [4.69, 9.17) is 39.2 Å². The minimum absolute atomic E-state index is 0.0145. The van der Waals surface area contributed by atoms with Crippen molar-refractivity contribution >= 4 is 112 Å². The van der Waals surface area contributed by atoms with Crippen LogP contribution in [0.3, 0.4) is 0 Å². The predicted octanol–water partition coefficient (Wildman–Crippen LogP) is -5.49.